The van der Waals surface area contributed by atoms with E-state index in [2.05, 4.69) is 30.2 Å². The molecule has 0 amide bonds. The minimum absolute atomic E-state index is 0.241. The molecule has 34 heavy (non-hydrogen) atoms. The normalized spacial score (nSPS) is 25.0. The molecule has 1 fully saturated rings. The van der Waals surface area contributed by atoms with Crippen molar-refractivity contribution in [3.05, 3.63) is 50.9 Å². The second-order valence-electron chi connectivity index (χ2n) is 7.40. The van der Waals surface area contributed by atoms with Gasteiger partial charge in [-0.05, 0) is 6.07 Å². The van der Waals surface area contributed by atoms with Gasteiger partial charge in [0.25, 0.3) is 0 Å². The van der Waals surface area contributed by atoms with Gasteiger partial charge >= 0.3 is 4.87 Å². The van der Waals surface area contributed by atoms with E-state index in [1.807, 2.05) is 0 Å². The lowest BCUT2D eigenvalue weighted by Gasteiger charge is -2.41. The van der Waals surface area contributed by atoms with E-state index in [0.29, 0.717) is 32.8 Å². The first-order valence-electron chi connectivity index (χ1n) is 9.99. The first-order chi connectivity index (χ1) is 16.4. The number of pyridine rings is 1. The predicted molar refractivity (Wildman–Crippen MR) is 123 cm³/mol. The highest BCUT2D eigenvalue weighted by molar-refractivity contribution is 8.00. The molecule has 12 nitrogen and oxygen atoms in total. The number of H-pyrrole nitrogens is 2. The fourth-order valence-electron chi connectivity index (χ4n) is 3.64. The summed E-state index contributed by atoms with van der Waals surface area (Å²) in [7, 11) is 0. The van der Waals surface area contributed by atoms with Crippen molar-refractivity contribution in [3.63, 3.8) is 0 Å². The Morgan fingerprint density at radius 2 is 2.15 bits per heavy atom. The van der Waals surface area contributed by atoms with Gasteiger partial charge in [-0.3, -0.25) is 9.78 Å². The molecule has 4 aromatic rings. The Labute approximate surface area is 204 Å². The molecule has 0 radical (unpaired) electrons. The number of nitrogens with one attached hydrogen (secondary N) is 2. The van der Waals surface area contributed by atoms with E-state index in [-0.39, 0.29) is 4.87 Å². The topological polar surface area (TPSA) is 175 Å². The van der Waals surface area contributed by atoms with Crippen LogP contribution in [0.25, 0.3) is 22.9 Å². The number of aliphatic hydroxyl groups is 3. The van der Waals surface area contributed by atoms with Crippen molar-refractivity contribution >= 4 is 34.7 Å². The largest absolute Gasteiger partial charge is 0.394 e. The Bertz CT molecular complexity index is 1330. The summed E-state index contributed by atoms with van der Waals surface area (Å²) in [5.41, 5.74) is 0.416. The second kappa shape index (κ2) is 9.58. The van der Waals surface area contributed by atoms with Crippen molar-refractivity contribution in [2.45, 2.75) is 34.7 Å². The molecule has 178 valence electrons. The van der Waals surface area contributed by atoms with Gasteiger partial charge in [0.15, 0.2) is 5.82 Å². The third-order valence-electron chi connectivity index (χ3n) is 5.25. The number of ether oxygens (including phenoxy) is 1. The maximum atomic E-state index is 11.5. The summed E-state index contributed by atoms with van der Waals surface area (Å²) < 4.78 is 7.14. The molecule has 0 saturated carbocycles. The Hall–Kier alpha value is -2.59. The molecule has 0 aromatic carbocycles. The van der Waals surface area contributed by atoms with Crippen LogP contribution in [0.1, 0.15) is 6.04 Å². The lowest BCUT2D eigenvalue weighted by Crippen LogP contribution is -2.55. The molecule has 5 N–H and O–H groups in total. The molecule has 1 aliphatic rings. The highest BCUT2D eigenvalue weighted by Crippen LogP contribution is 2.41. The number of thiazole rings is 1. The zero-order chi connectivity index (χ0) is 23.8. The summed E-state index contributed by atoms with van der Waals surface area (Å²) in [6.45, 7) is -0.486. The summed E-state index contributed by atoms with van der Waals surface area (Å²) in [4.78, 5) is 26.0. The van der Waals surface area contributed by atoms with Crippen LogP contribution >= 0.6 is 34.7 Å². The molecular weight excluding hydrogens is 506 g/mol. The first kappa shape index (κ1) is 23.2. The van der Waals surface area contributed by atoms with Crippen molar-refractivity contribution in [2.75, 3.05) is 6.61 Å². The smallest absolute Gasteiger partial charge is 0.304 e. The van der Waals surface area contributed by atoms with Crippen LogP contribution < -0.4 is 4.87 Å². The molecular formula is C19H18ClN7O5S2. The van der Waals surface area contributed by atoms with E-state index in [4.69, 9.17) is 16.3 Å². The molecule has 0 bridgehead atoms. The third-order valence-corrected chi connectivity index (χ3v) is 7.31. The van der Waals surface area contributed by atoms with Crippen LogP contribution in [-0.2, 0) is 4.74 Å². The van der Waals surface area contributed by atoms with Crippen molar-refractivity contribution in [1.82, 2.24) is 34.9 Å². The van der Waals surface area contributed by atoms with E-state index in [1.165, 1.54) is 17.1 Å². The van der Waals surface area contributed by atoms with Gasteiger partial charge in [0.1, 0.15) is 41.2 Å². The molecule has 15 heteroatoms. The molecule has 5 atom stereocenters. The zero-order valence-corrected chi connectivity index (χ0v) is 19.5. The number of aliphatic hydroxyl groups excluding tert-OH is 3. The zero-order valence-electron chi connectivity index (χ0n) is 17.1. The minimum atomic E-state index is -1.28. The Kier molecular flexibility index (Phi) is 6.52. The van der Waals surface area contributed by atoms with E-state index in [1.54, 1.807) is 23.8 Å². The summed E-state index contributed by atoms with van der Waals surface area (Å²) in [6, 6.07) is 0.677. The number of aromatic nitrogens is 7. The lowest BCUT2D eigenvalue weighted by molar-refractivity contribution is -0.178. The molecule has 1 aliphatic heterocycles. The van der Waals surface area contributed by atoms with Gasteiger partial charge in [-0.2, -0.15) is 0 Å². The van der Waals surface area contributed by atoms with Crippen LogP contribution in [0.15, 0.2) is 45.9 Å². The molecule has 1 saturated heterocycles. The van der Waals surface area contributed by atoms with E-state index >= 15 is 0 Å². The maximum Gasteiger partial charge on any atom is 0.304 e. The molecule has 0 spiro atoms. The Morgan fingerprint density at radius 1 is 1.29 bits per heavy atom. The first-order valence-corrected chi connectivity index (χ1v) is 12.1. The van der Waals surface area contributed by atoms with E-state index < -0.39 is 36.4 Å². The van der Waals surface area contributed by atoms with Crippen LogP contribution in [0.2, 0.25) is 5.02 Å². The molecule has 0 unspecified atom stereocenters. The summed E-state index contributed by atoms with van der Waals surface area (Å²) >= 11 is 8.28. The third kappa shape index (κ3) is 4.40. The fourth-order valence-corrected chi connectivity index (χ4v) is 5.64. The van der Waals surface area contributed by atoms with Gasteiger partial charge in [0.05, 0.1) is 23.5 Å². The second-order valence-corrected chi connectivity index (χ2v) is 9.82. The number of rotatable bonds is 6. The quantitative estimate of drug-likeness (QED) is 0.244. The van der Waals surface area contributed by atoms with Gasteiger partial charge in [-0.15, -0.1) is 5.10 Å². The van der Waals surface area contributed by atoms with Crippen LogP contribution in [-0.4, -0.2) is 80.6 Å². The SMILES string of the molecule is O=c1[nH]c(-c2cn([C@@H]3[C@@H](O)[C@@H](Sc4cc(Cl)cnc4-c4ncc[nH]4)O[C@H](CO)[C@@H]3O)nn2)cs1. The number of imidazole rings is 1. The highest BCUT2D eigenvalue weighted by Gasteiger charge is 2.46. The molecule has 5 heterocycles. The van der Waals surface area contributed by atoms with E-state index in [0.717, 1.165) is 23.1 Å². The monoisotopic (exact) mass is 523 g/mol. The number of nitrogens with zero attached hydrogens (tertiary/aromatic N) is 5. The van der Waals surface area contributed by atoms with Gasteiger partial charge < -0.3 is 30.0 Å². The molecule has 4 aromatic heterocycles. The molecule has 5 rings (SSSR count). The van der Waals surface area contributed by atoms with Crippen molar-refractivity contribution in [3.8, 4) is 22.9 Å². The fraction of sp³-hybridized carbons (Fsp3) is 0.316. The summed E-state index contributed by atoms with van der Waals surface area (Å²) in [5.74, 6) is 0.505. The highest BCUT2D eigenvalue weighted by atomic mass is 35.5. The average Bonchev–Trinajstić information content (AvgIpc) is 3.58. The van der Waals surface area contributed by atoms with Gasteiger partial charge in [0.2, 0.25) is 0 Å². The van der Waals surface area contributed by atoms with Crippen LogP contribution in [0, 0.1) is 0 Å². The van der Waals surface area contributed by atoms with E-state index in [9.17, 15) is 20.1 Å². The van der Waals surface area contributed by atoms with Crippen molar-refractivity contribution < 1.29 is 20.1 Å². The number of aromatic amines is 2. The average molecular weight is 524 g/mol. The number of hydrogen-bond donors (Lipinski definition) is 5. The summed E-state index contributed by atoms with van der Waals surface area (Å²) in [5, 5.41) is 41.9. The Balaban J connectivity index is 1.46. The predicted octanol–water partition coefficient (Wildman–Crippen LogP) is 0.906. The standard InChI is InChI=1S/C19H18ClN7O5S2/c20-8-3-12(13(23-4-8)17-21-1-2-22-17)34-18-16(30)14(15(29)11(6-28)32-18)27-5-9(25-26-27)10-7-33-19(31)24-10/h1-5,7,11,14-16,18,28-30H,6H2,(H,21,22)(H,24,31)/t11-,14+,15+,16-,18-/m1/s1. The number of halogens is 1. The molecule has 0 aliphatic carbocycles. The minimum Gasteiger partial charge on any atom is -0.394 e. The summed E-state index contributed by atoms with van der Waals surface area (Å²) in [6.07, 6.45) is 2.69. The van der Waals surface area contributed by atoms with Crippen LogP contribution in [0.5, 0.6) is 0 Å². The lowest BCUT2D eigenvalue weighted by atomic mass is 9.97. The Morgan fingerprint density at radius 3 is 2.85 bits per heavy atom. The van der Waals surface area contributed by atoms with Gasteiger partial charge in [-0.25, -0.2) is 9.67 Å². The van der Waals surface area contributed by atoms with Gasteiger partial charge in [-0.1, -0.05) is 39.9 Å². The van der Waals surface area contributed by atoms with Gasteiger partial charge in [0, 0.05) is 28.9 Å². The van der Waals surface area contributed by atoms with Crippen LogP contribution in [0.3, 0.4) is 0 Å². The number of thioether (sulfide) groups is 1. The number of hydrogen-bond acceptors (Lipinski definition) is 11. The maximum absolute atomic E-state index is 11.5. The van der Waals surface area contributed by atoms with Crippen LogP contribution in [0.4, 0.5) is 0 Å². The van der Waals surface area contributed by atoms with Crippen molar-refractivity contribution in [2.24, 2.45) is 0 Å². The van der Waals surface area contributed by atoms with Crippen molar-refractivity contribution in [1.29, 1.82) is 0 Å².